The predicted molar refractivity (Wildman–Crippen MR) is 82.1 cm³/mol. The highest BCUT2D eigenvalue weighted by molar-refractivity contribution is 8.03. The molecule has 0 atom stereocenters. The van der Waals surface area contributed by atoms with E-state index in [0.29, 0.717) is 0 Å². The second-order valence-corrected chi connectivity index (χ2v) is 5.51. The Hall–Kier alpha value is -0.860. The molecule has 0 fully saturated rings. The minimum absolute atomic E-state index is 1.01. The van der Waals surface area contributed by atoms with Crippen molar-refractivity contribution < 1.29 is 0 Å². The lowest BCUT2D eigenvalue weighted by Gasteiger charge is -2.08. The van der Waals surface area contributed by atoms with E-state index in [4.69, 9.17) is 0 Å². The Balaban J connectivity index is 2.82. The topological polar surface area (TPSA) is 0 Å². The SMILES string of the molecule is C=C(/C=C\C=C/C)Sc1cc(C)c(C)cc1S. The number of thiol groups is 1. The molecule has 0 saturated carbocycles. The highest BCUT2D eigenvalue weighted by Gasteiger charge is 2.03. The molecular weight excluding hydrogens is 244 g/mol. The molecule has 1 rings (SSSR count). The summed E-state index contributed by atoms with van der Waals surface area (Å²) in [5, 5.41) is 0. The van der Waals surface area contributed by atoms with Gasteiger partial charge in [0.25, 0.3) is 0 Å². The van der Waals surface area contributed by atoms with Gasteiger partial charge in [-0.25, -0.2) is 0 Å². The third kappa shape index (κ3) is 4.49. The van der Waals surface area contributed by atoms with E-state index in [2.05, 4.69) is 45.2 Å². The first-order valence-electron chi connectivity index (χ1n) is 5.51. The lowest BCUT2D eigenvalue weighted by atomic mass is 10.1. The second-order valence-electron chi connectivity index (χ2n) is 3.86. The quantitative estimate of drug-likeness (QED) is 0.435. The lowest BCUT2D eigenvalue weighted by Crippen LogP contribution is -1.84. The van der Waals surface area contributed by atoms with E-state index in [1.165, 1.54) is 11.1 Å². The molecule has 0 saturated heterocycles. The van der Waals surface area contributed by atoms with Gasteiger partial charge in [0.1, 0.15) is 0 Å². The molecule has 0 heterocycles. The zero-order valence-corrected chi connectivity index (χ0v) is 12.2. The molecule has 17 heavy (non-hydrogen) atoms. The van der Waals surface area contributed by atoms with E-state index in [9.17, 15) is 0 Å². The van der Waals surface area contributed by atoms with Gasteiger partial charge in [0.15, 0.2) is 0 Å². The molecule has 1 aromatic carbocycles. The summed E-state index contributed by atoms with van der Waals surface area (Å²) in [4.78, 5) is 3.19. The van der Waals surface area contributed by atoms with Crippen molar-refractivity contribution in [2.75, 3.05) is 0 Å². The Morgan fingerprint density at radius 2 is 1.88 bits per heavy atom. The van der Waals surface area contributed by atoms with Gasteiger partial charge in [-0.1, -0.05) is 36.6 Å². The molecule has 2 heteroatoms. The van der Waals surface area contributed by atoms with Crippen LogP contribution in [-0.2, 0) is 0 Å². The van der Waals surface area contributed by atoms with Crippen LogP contribution in [0.3, 0.4) is 0 Å². The highest BCUT2D eigenvalue weighted by Crippen LogP contribution is 2.33. The molecule has 0 aliphatic heterocycles. The standard InChI is InChI=1S/C15H18S2/c1-5-6-7-8-13(4)17-15-10-12(3)11(2)9-14(15)16/h5-10,16H,4H2,1-3H3/b6-5-,8-7-. The molecule has 90 valence electrons. The van der Waals surface area contributed by atoms with Gasteiger partial charge in [-0.05, 0) is 50.1 Å². The number of hydrogen-bond acceptors (Lipinski definition) is 2. The molecule has 0 aliphatic carbocycles. The fraction of sp³-hybridized carbons (Fsp3) is 0.200. The van der Waals surface area contributed by atoms with Gasteiger partial charge in [-0.15, -0.1) is 12.6 Å². The van der Waals surface area contributed by atoms with Crippen LogP contribution in [0.1, 0.15) is 18.1 Å². The van der Waals surface area contributed by atoms with Crippen LogP contribution in [0, 0.1) is 13.8 Å². The predicted octanol–water partition coefficient (Wildman–Crippen LogP) is 5.33. The summed E-state index contributed by atoms with van der Waals surface area (Å²) in [6.07, 6.45) is 7.99. The Morgan fingerprint density at radius 1 is 1.24 bits per heavy atom. The molecule has 0 aliphatic rings. The third-order valence-electron chi connectivity index (χ3n) is 2.40. The highest BCUT2D eigenvalue weighted by atomic mass is 32.2. The van der Waals surface area contributed by atoms with Crippen molar-refractivity contribution in [2.45, 2.75) is 30.6 Å². The monoisotopic (exact) mass is 262 g/mol. The van der Waals surface area contributed by atoms with Crippen molar-refractivity contribution in [1.29, 1.82) is 0 Å². The normalized spacial score (nSPS) is 11.5. The Morgan fingerprint density at radius 3 is 2.53 bits per heavy atom. The van der Waals surface area contributed by atoms with Crippen LogP contribution in [0.25, 0.3) is 0 Å². The molecular formula is C15H18S2. The minimum atomic E-state index is 1.01. The number of aryl methyl sites for hydroxylation is 2. The number of hydrogen-bond donors (Lipinski definition) is 1. The molecule has 0 N–H and O–H groups in total. The van der Waals surface area contributed by atoms with E-state index in [0.717, 1.165) is 14.7 Å². The van der Waals surface area contributed by atoms with Crippen LogP contribution >= 0.6 is 24.4 Å². The molecule has 1 aromatic rings. The molecule has 0 spiro atoms. The van der Waals surface area contributed by atoms with E-state index in [1.807, 2.05) is 31.2 Å². The fourth-order valence-corrected chi connectivity index (χ4v) is 2.53. The van der Waals surface area contributed by atoms with E-state index >= 15 is 0 Å². The number of rotatable bonds is 4. The summed E-state index contributed by atoms with van der Waals surface area (Å²) in [5.41, 5.74) is 2.56. The third-order valence-corrected chi connectivity index (χ3v) is 3.88. The zero-order chi connectivity index (χ0) is 12.8. The van der Waals surface area contributed by atoms with Crippen molar-refractivity contribution in [3.05, 3.63) is 59.0 Å². The van der Waals surface area contributed by atoms with Crippen LogP contribution in [0.5, 0.6) is 0 Å². The average molecular weight is 262 g/mol. The largest absolute Gasteiger partial charge is 0.142 e. The summed E-state index contributed by atoms with van der Waals surface area (Å²) in [5.74, 6) is 0. The van der Waals surface area contributed by atoms with E-state index in [-0.39, 0.29) is 0 Å². The first kappa shape index (κ1) is 14.2. The second kappa shape index (κ2) is 6.77. The summed E-state index contributed by atoms with van der Waals surface area (Å²) in [6.45, 7) is 10.2. The van der Waals surface area contributed by atoms with Gasteiger partial charge in [-0.3, -0.25) is 0 Å². The van der Waals surface area contributed by atoms with Crippen molar-refractivity contribution in [3.63, 3.8) is 0 Å². The van der Waals surface area contributed by atoms with Crippen LogP contribution in [0.2, 0.25) is 0 Å². The van der Waals surface area contributed by atoms with Gasteiger partial charge in [0, 0.05) is 14.7 Å². The maximum absolute atomic E-state index is 4.50. The maximum Gasteiger partial charge on any atom is 0.0258 e. The summed E-state index contributed by atoms with van der Waals surface area (Å²) < 4.78 is 0. The smallest absolute Gasteiger partial charge is 0.0258 e. The number of allylic oxidation sites excluding steroid dienone is 4. The zero-order valence-electron chi connectivity index (χ0n) is 10.5. The molecule has 0 unspecified atom stereocenters. The van der Waals surface area contributed by atoms with Gasteiger partial charge < -0.3 is 0 Å². The number of benzene rings is 1. The molecule has 0 amide bonds. The minimum Gasteiger partial charge on any atom is -0.142 e. The van der Waals surface area contributed by atoms with E-state index < -0.39 is 0 Å². The van der Waals surface area contributed by atoms with Crippen molar-refractivity contribution in [1.82, 2.24) is 0 Å². The van der Waals surface area contributed by atoms with Crippen molar-refractivity contribution in [3.8, 4) is 0 Å². The van der Waals surface area contributed by atoms with Crippen LogP contribution in [0.15, 0.2) is 57.7 Å². The van der Waals surface area contributed by atoms with Gasteiger partial charge in [0.05, 0.1) is 0 Å². The van der Waals surface area contributed by atoms with Gasteiger partial charge in [-0.2, -0.15) is 0 Å². The molecule has 0 radical (unpaired) electrons. The summed E-state index contributed by atoms with van der Waals surface area (Å²) in [6, 6.07) is 4.26. The summed E-state index contributed by atoms with van der Waals surface area (Å²) >= 11 is 6.15. The van der Waals surface area contributed by atoms with Gasteiger partial charge >= 0.3 is 0 Å². The first-order valence-corrected chi connectivity index (χ1v) is 6.77. The van der Waals surface area contributed by atoms with E-state index in [1.54, 1.807) is 11.8 Å². The van der Waals surface area contributed by atoms with Crippen LogP contribution < -0.4 is 0 Å². The molecule has 0 nitrogen and oxygen atoms in total. The molecule has 0 aromatic heterocycles. The van der Waals surface area contributed by atoms with Crippen molar-refractivity contribution in [2.24, 2.45) is 0 Å². The van der Waals surface area contributed by atoms with Crippen LogP contribution in [-0.4, -0.2) is 0 Å². The lowest BCUT2D eigenvalue weighted by molar-refractivity contribution is 1.17. The Kier molecular flexibility index (Phi) is 5.66. The Bertz CT molecular complexity index is 468. The van der Waals surface area contributed by atoms with Crippen LogP contribution in [0.4, 0.5) is 0 Å². The van der Waals surface area contributed by atoms with Gasteiger partial charge in [0.2, 0.25) is 0 Å². The maximum atomic E-state index is 4.50. The molecule has 0 bridgehead atoms. The Labute approximate surface area is 114 Å². The fourth-order valence-electron chi connectivity index (χ4n) is 1.31. The average Bonchev–Trinajstić information content (AvgIpc) is 2.26. The van der Waals surface area contributed by atoms with Crippen molar-refractivity contribution >= 4 is 24.4 Å². The number of thioether (sulfide) groups is 1. The first-order chi connectivity index (χ1) is 8.04. The summed E-state index contributed by atoms with van der Waals surface area (Å²) in [7, 11) is 0.